The number of aromatic nitrogens is 2. The average molecular weight is 369 g/mol. The SMILES string of the molecule is CCc1noc(-c2ccc(CCNC(=NC)NCc3ccsc3)cc2)n1. The summed E-state index contributed by atoms with van der Waals surface area (Å²) < 4.78 is 5.27. The van der Waals surface area contributed by atoms with Gasteiger partial charge in [-0.15, -0.1) is 0 Å². The lowest BCUT2D eigenvalue weighted by molar-refractivity contribution is 0.423. The maximum atomic E-state index is 5.27. The maximum Gasteiger partial charge on any atom is 0.257 e. The largest absolute Gasteiger partial charge is 0.356 e. The molecule has 0 atom stereocenters. The number of aryl methyl sites for hydroxylation is 1. The smallest absolute Gasteiger partial charge is 0.257 e. The number of thiophene rings is 1. The average Bonchev–Trinajstić information content (AvgIpc) is 3.36. The van der Waals surface area contributed by atoms with Gasteiger partial charge in [0.05, 0.1) is 0 Å². The van der Waals surface area contributed by atoms with E-state index in [-0.39, 0.29) is 0 Å². The van der Waals surface area contributed by atoms with Gasteiger partial charge in [-0.1, -0.05) is 24.2 Å². The van der Waals surface area contributed by atoms with E-state index in [1.165, 1.54) is 11.1 Å². The van der Waals surface area contributed by atoms with Crippen LogP contribution in [0.25, 0.3) is 11.5 Å². The summed E-state index contributed by atoms with van der Waals surface area (Å²) in [4.78, 5) is 8.61. The summed E-state index contributed by atoms with van der Waals surface area (Å²) >= 11 is 1.70. The van der Waals surface area contributed by atoms with Crippen LogP contribution in [0.2, 0.25) is 0 Å². The number of aliphatic imine (C=N–C) groups is 1. The van der Waals surface area contributed by atoms with Gasteiger partial charge in [0, 0.05) is 32.1 Å². The Morgan fingerprint density at radius 1 is 1.15 bits per heavy atom. The Morgan fingerprint density at radius 3 is 2.65 bits per heavy atom. The molecule has 0 radical (unpaired) electrons. The van der Waals surface area contributed by atoms with Gasteiger partial charge in [0.15, 0.2) is 11.8 Å². The predicted molar refractivity (Wildman–Crippen MR) is 105 cm³/mol. The normalized spacial score (nSPS) is 11.5. The van der Waals surface area contributed by atoms with Crippen LogP contribution in [0.3, 0.4) is 0 Å². The van der Waals surface area contributed by atoms with Gasteiger partial charge in [-0.2, -0.15) is 16.3 Å². The topological polar surface area (TPSA) is 75.3 Å². The lowest BCUT2D eigenvalue weighted by Gasteiger charge is -2.11. The van der Waals surface area contributed by atoms with E-state index >= 15 is 0 Å². The quantitative estimate of drug-likeness (QED) is 0.494. The Bertz CT molecular complexity index is 824. The van der Waals surface area contributed by atoms with Gasteiger partial charge in [0.25, 0.3) is 5.89 Å². The number of guanidine groups is 1. The van der Waals surface area contributed by atoms with Crippen molar-refractivity contribution in [1.29, 1.82) is 0 Å². The van der Waals surface area contributed by atoms with Crippen LogP contribution in [-0.2, 0) is 19.4 Å². The number of hydrogen-bond acceptors (Lipinski definition) is 5. The van der Waals surface area contributed by atoms with E-state index in [4.69, 9.17) is 4.52 Å². The molecule has 3 aromatic rings. The van der Waals surface area contributed by atoms with Gasteiger partial charge in [-0.3, -0.25) is 4.99 Å². The third-order valence-corrected chi connectivity index (χ3v) is 4.69. The fraction of sp³-hybridized carbons (Fsp3) is 0.316. The maximum absolute atomic E-state index is 5.27. The molecular weight excluding hydrogens is 346 g/mol. The lowest BCUT2D eigenvalue weighted by Crippen LogP contribution is -2.37. The van der Waals surface area contributed by atoms with E-state index in [0.29, 0.717) is 5.89 Å². The molecule has 0 saturated heterocycles. The van der Waals surface area contributed by atoms with E-state index < -0.39 is 0 Å². The zero-order valence-electron chi connectivity index (χ0n) is 15.0. The first-order valence-corrected chi connectivity index (χ1v) is 9.60. The molecule has 2 N–H and O–H groups in total. The molecule has 6 nitrogen and oxygen atoms in total. The van der Waals surface area contributed by atoms with E-state index in [0.717, 1.165) is 43.3 Å². The van der Waals surface area contributed by atoms with Crippen molar-refractivity contribution in [2.75, 3.05) is 13.6 Å². The predicted octanol–water partition coefficient (Wildman–Crippen LogP) is 3.27. The van der Waals surface area contributed by atoms with Gasteiger partial charge in [0.2, 0.25) is 0 Å². The highest BCUT2D eigenvalue weighted by atomic mass is 32.1. The number of nitrogens with zero attached hydrogens (tertiary/aromatic N) is 3. The van der Waals surface area contributed by atoms with Crippen LogP contribution >= 0.6 is 11.3 Å². The minimum absolute atomic E-state index is 0.574. The molecule has 3 rings (SSSR count). The molecule has 26 heavy (non-hydrogen) atoms. The molecule has 2 aromatic heterocycles. The van der Waals surface area contributed by atoms with Crippen molar-refractivity contribution in [2.24, 2.45) is 4.99 Å². The standard InChI is InChI=1S/C19H23N5OS/c1-3-17-23-18(25-24-17)16-6-4-14(5-7-16)8-10-21-19(20-2)22-12-15-9-11-26-13-15/h4-7,9,11,13H,3,8,10,12H2,1-2H3,(H2,20,21,22). The Morgan fingerprint density at radius 2 is 2.00 bits per heavy atom. The van der Waals surface area contributed by atoms with Crippen LogP contribution in [0, 0.1) is 0 Å². The fourth-order valence-electron chi connectivity index (χ4n) is 2.45. The molecule has 0 amide bonds. The van der Waals surface area contributed by atoms with Crippen molar-refractivity contribution in [1.82, 2.24) is 20.8 Å². The summed E-state index contributed by atoms with van der Waals surface area (Å²) in [6.07, 6.45) is 1.68. The Kier molecular flexibility index (Phi) is 6.38. The van der Waals surface area contributed by atoms with Crippen molar-refractivity contribution in [3.8, 4) is 11.5 Å². The minimum Gasteiger partial charge on any atom is -0.356 e. The molecule has 0 saturated carbocycles. The zero-order chi connectivity index (χ0) is 18.2. The summed E-state index contributed by atoms with van der Waals surface area (Å²) in [6, 6.07) is 10.3. The summed E-state index contributed by atoms with van der Waals surface area (Å²) in [5.41, 5.74) is 3.45. The molecule has 0 unspecified atom stereocenters. The monoisotopic (exact) mass is 369 g/mol. The van der Waals surface area contributed by atoms with Crippen LogP contribution in [0.4, 0.5) is 0 Å². The van der Waals surface area contributed by atoms with Crippen LogP contribution in [0.5, 0.6) is 0 Å². The van der Waals surface area contributed by atoms with E-state index in [2.05, 4.69) is 54.7 Å². The van der Waals surface area contributed by atoms with Crippen molar-refractivity contribution >= 4 is 17.3 Å². The lowest BCUT2D eigenvalue weighted by atomic mass is 10.1. The number of hydrogen-bond donors (Lipinski definition) is 2. The zero-order valence-corrected chi connectivity index (χ0v) is 15.8. The van der Waals surface area contributed by atoms with Crippen molar-refractivity contribution in [3.05, 3.63) is 58.0 Å². The molecule has 0 fully saturated rings. The molecule has 136 valence electrons. The first kappa shape index (κ1) is 18.1. The molecule has 2 heterocycles. The molecule has 0 aliphatic heterocycles. The molecule has 7 heteroatoms. The van der Waals surface area contributed by atoms with Crippen LogP contribution in [0.1, 0.15) is 23.9 Å². The second kappa shape index (κ2) is 9.15. The third-order valence-electron chi connectivity index (χ3n) is 3.95. The number of rotatable bonds is 7. The van der Waals surface area contributed by atoms with Gasteiger partial charge in [-0.25, -0.2) is 0 Å². The summed E-state index contributed by atoms with van der Waals surface area (Å²) in [6.45, 7) is 3.60. The minimum atomic E-state index is 0.574. The van der Waals surface area contributed by atoms with Crippen LogP contribution in [-0.4, -0.2) is 29.7 Å². The van der Waals surface area contributed by atoms with Gasteiger partial charge in [0.1, 0.15) is 0 Å². The second-order valence-corrected chi connectivity index (χ2v) is 6.58. The van der Waals surface area contributed by atoms with Crippen LogP contribution < -0.4 is 10.6 Å². The second-order valence-electron chi connectivity index (χ2n) is 5.80. The molecule has 0 aliphatic rings. The van der Waals surface area contributed by atoms with Crippen LogP contribution in [0.15, 0.2) is 50.6 Å². The van der Waals surface area contributed by atoms with E-state index in [1.807, 2.05) is 19.1 Å². The highest BCUT2D eigenvalue weighted by molar-refractivity contribution is 7.07. The molecule has 0 spiro atoms. The molecular formula is C19H23N5OS. The van der Waals surface area contributed by atoms with Crippen molar-refractivity contribution in [3.63, 3.8) is 0 Å². The van der Waals surface area contributed by atoms with E-state index in [1.54, 1.807) is 18.4 Å². The summed E-state index contributed by atoms with van der Waals surface area (Å²) in [5, 5.41) is 14.8. The van der Waals surface area contributed by atoms with Crippen molar-refractivity contribution < 1.29 is 4.52 Å². The summed E-state index contributed by atoms with van der Waals surface area (Å²) in [5.74, 6) is 2.12. The molecule has 1 aromatic carbocycles. The number of benzene rings is 1. The number of nitrogens with one attached hydrogen (secondary N) is 2. The third kappa shape index (κ3) is 4.92. The fourth-order valence-corrected chi connectivity index (χ4v) is 3.12. The Hall–Kier alpha value is -2.67. The van der Waals surface area contributed by atoms with Gasteiger partial charge < -0.3 is 15.2 Å². The van der Waals surface area contributed by atoms with Crippen molar-refractivity contribution in [2.45, 2.75) is 26.3 Å². The highest BCUT2D eigenvalue weighted by Gasteiger charge is 2.07. The summed E-state index contributed by atoms with van der Waals surface area (Å²) in [7, 11) is 1.78. The molecule has 0 bridgehead atoms. The van der Waals surface area contributed by atoms with Gasteiger partial charge >= 0.3 is 0 Å². The van der Waals surface area contributed by atoms with E-state index in [9.17, 15) is 0 Å². The van der Waals surface area contributed by atoms with Gasteiger partial charge in [-0.05, 0) is 46.5 Å². The first-order valence-electron chi connectivity index (χ1n) is 8.66. The molecule has 0 aliphatic carbocycles. The Balaban J connectivity index is 1.46. The first-order chi connectivity index (χ1) is 12.8. The Labute approximate surface area is 157 Å². The highest BCUT2D eigenvalue weighted by Crippen LogP contribution is 2.18.